The second-order valence-corrected chi connectivity index (χ2v) is 3.75. The first-order valence-electron chi connectivity index (χ1n) is 5.32. The van der Waals surface area contributed by atoms with E-state index in [0.717, 1.165) is 0 Å². The van der Waals surface area contributed by atoms with E-state index in [1.54, 1.807) is 0 Å². The third kappa shape index (κ3) is 2.91. The van der Waals surface area contributed by atoms with Gasteiger partial charge in [0.15, 0.2) is 0 Å². The molecule has 0 saturated carbocycles. The Kier molecular flexibility index (Phi) is 3.68. The van der Waals surface area contributed by atoms with Crippen molar-refractivity contribution in [2.45, 2.75) is 0 Å². The smallest absolute Gasteiger partial charge is 0.358 e. The number of aromatic nitrogens is 4. The molecule has 0 fully saturated rings. The Labute approximate surface area is 123 Å². The van der Waals surface area contributed by atoms with Crippen LogP contribution in [0.4, 0.5) is 23.3 Å². The molecule has 2 rings (SSSR count). The maximum absolute atomic E-state index is 10.8. The molecule has 118 valence electrons. The highest BCUT2D eigenvalue weighted by atomic mass is 16.6. The third-order valence-corrected chi connectivity index (χ3v) is 2.37. The van der Waals surface area contributed by atoms with Crippen molar-refractivity contribution in [3.63, 3.8) is 0 Å². The maximum Gasteiger partial charge on any atom is 0.414 e. The number of nitro groups is 4. The standard InChI is InChI=1S/C6H2BN8O8/c16-12(17)3-1-5(14(20)21)10(8-3)7-11-6(15(22)23)2-4(9-11)13(18)19/h1-2H/q-1. The molecule has 0 aliphatic rings. The van der Waals surface area contributed by atoms with Crippen molar-refractivity contribution in [3.8, 4) is 0 Å². The lowest BCUT2D eigenvalue weighted by Crippen LogP contribution is -2.22. The van der Waals surface area contributed by atoms with Crippen molar-refractivity contribution in [3.05, 3.63) is 52.6 Å². The highest BCUT2D eigenvalue weighted by Crippen LogP contribution is 2.21. The van der Waals surface area contributed by atoms with Gasteiger partial charge in [-0.15, -0.1) is 0 Å². The number of rotatable bonds is 6. The highest BCUT2D eigenvalue weighted by Gasteiger charge is 2.28. The van der Waals surface area contributed by atoms with Crippen LogP contribution >= 0.6 is 0 Å². The molecule has 23 heavy (non-hydrogen) atoms. The van der Waals surface area contributed by atoms with Crippen LogP contribution < -0.4 is 0 Å². The number of hydrogen-bond donors (Lipinski definition) is 0. The molecule has 0 unspecified atom stereocenters. The predicted molar refractivity (Wildman–Crippen MR) is 67.6 cm³/mol. The first-order chi connectivity index (χ1) is 10.7. The molecular weight excluding hydrogens is 323 g/mol. The average molecular weight is 325 g/mol. The van der Waals surface area contributed by atoms with Crippen LogP contribution in [-0.4, -0.2) is 46.6 Å². The van der Waals surface area contributed by atoms with Gasteiger partial charge in [-0.3, -0.25) is 0 Å². The van der Waals surface area contributed by atoms with Crippen LogP contribution in [0.2, 0.25) is 0 Å². The Bertz CT molecular complexity index is 771. The Balaban J connectivity index is 2.50. The van der Waals surface area contributed by atoms with Crippen LogP contribution in [0.1, 0.15) is 0 Å². The van der Waals surface area contributed by atoms with Crippen LogP contribution in [0.15, 0.2) is 12.1 Å². The number of hydrogen-bond acceptors (Lipinski definition) is 10. The molecule has 0 amide bonds. The van der Waals surface area contributed by atoms with Crippen molar-refractivity contribution in [2.24, 2.45) is 0 Å². The highest BCUT2D eigenvalue weighted by molar-refractivity contribution is 6.32. The molecule has 0 bridgehead atoms. The van der Waals surface area contributed by atoms with E-state index in [1.165, 1.54) is 0 Å². The molecule has 17 heteroatoms. The van der Waals surface area contributed by atoms with E-state index >= 15 is 0 Å². The molecule has 16 nitrogen and oxygen atoms in total. The van der Waals surface area contributed by atoms with Crippen molar-refractivity contribution in [1.82, 2.24) is 19.4 Å². The first kappa shape index (κ1) is 15.5. The van der Waals surface area contributed by atoms with Crippen molar-refractivity contribution < 1.29 is 19.7 Å². The van der Waals surface area contributed by atoms with Crippen molar-refractivity contribution >= 4 is 30.8 Å². The van der Waals surface area contributed by atoms with Crippen LogP contribution in [0.3, 0.4) is 0 Å². The van der Waals surface area contributed by atoms with Crippen LogP contribution in [0, 0.1) is 40.5 Å². The van der Waals surface area contributed by atoms with E-state index in [4.69, 9.17) is 0 Å². The molecule has 2 heterocycles. The van der Waals surface area contributed by atoms with Gasteiger partial charge < -0.3 is 40.5 Å². The zero-order chi connectivity index (χ0) is 17.3. The zero-order valence-electron chi connectivity index (χ0n) is 10.6. The monoisotopic (exact) mass is 325 g/mol. The van der Waals surface area contributed by atoms with Gasteiger partial charge in [-0.2, -0.15) is 0 Å². The third-order valence-electron chi connectivity index (χ3n) is 2.37. The fourth-order valence-corrected chi connectivity index (χ4v) is 1.47. The van der Waals surface area contributed by atoms with Crippen LogP contribution in [0.5, 0.6) is 0 Å². The van der Waals surface area contributed by atoms with Crippen molar-refractivity contribution in [2.75, 3.05) is 0 Å². The Morgan fingerprint density at radius 1 is 0.739 bits per heavy atom. The number of nitrogens with zero attached hydrogens (tertiary/aromatic N) is 8. The summed E-state index contributed by atoms with van der Waals surface area (Å²) in [6.45, 7) is 0. The predicted octanol–water partition coefficient (Wildman–Crippen LogP) is -0.357. The van der Waals surface area contributed by atoms with Crippen LogP contribution in [-0.2, 0) is 0 Å². The summed E-state index contributed by atoms with van der Waals surface area (Å²) in [4.78, 5) is 38.7. The molecule has 0 N–H and O–H groups in total. The van der Waals surface area contributed by atoms with E-state index < -0.39 is 43.0 Å². The van der Waals surface area contributed by atoms with E-state index in [2.05, 4.69) is 10.2 Å². The SMILES string of the molecule is O=[N+]([O-])c1cc([N+](=O)[O-])n([B-]n2nc([N+](=O)[O-])cc2[N+](=O)[O-])n1. The van der Waals surface area contributed by atoms with Crippen molar-refractivity contribution in [1.29, 1.82) is 0 Å². The summed E-state index contributed by atoms with van der Waals surface area (Å²) in [5.41, 5.74) is 0. The van der Waals surface area contributed by atoms with Gasteiger partial charge in [0.2, 0.25) is 0 Å². The van der Waals surface area contributed by atoms with Crippen LogP contribution in [0.25, 0.3) is 0 Å². The lowest BCUT2D eigenvalue weighted by Gasteiger charge is -2.01. The second kappa shape index (κ2) is 5.46. The summed E-state index contributed by atoms with van der Waals surface area (Å²) < 4.78 is 0.670. The Morgan fingerprint density at radius 2 is 1.09 bits per heavy atom. The average Bonchev–Trinajstić information content (AvgIpc) is 3.03. The largest absolute Gasteiger partial charge is 0.414 e. The first-order valence-corrected chi connectivity index (χ1v) is 5.32. The molecule has 2 aromatic heterocycles. The van der Waals surface area contributed by atoms with Gasteiger partial charge in [-0.1, -0.05) is 0 Å². The van der Waals surface area contributed by atoms with Gasteiger partial charge in [-0.05, 0) is 19.7 Å². The summed E-state index contributed by atoms with van der Waals surface area (Å²) in [6, 6.07) is 1.03. The van der Waals surface area contributed by atoms with Gasteiger partial charge in [0.05, 0.1) is 10.2 Å². The summed E-state index contributed by atoms with van der Waals surface area (Å²) in [5, 5.41) is 49.3. The molecule has 0 aromatic carbocycles. The van der Waals surface area contributed by atoms with Gasteiger partial charge in [0, 0.05) is 0 Å². The van der Waals surface area contributed by atoms with Gasteiger partial charge >= 0.3 is 30.8 Å². The van der Waals surface area contributed by atoms with Gasteiger partial charge in [0.25, 0.3) is 0 Å². The van der Waals surface area contributed by atoms with Gasteiger partial charge in [-0.25, -0.2) is 9.19 Å². The minimum atomic E-state index is -1.03. The molecule has 0 aliphatic heterocycles. The molecule has 2 aromatic rings. The normalized spacial score (nSPS) is 10.4. The minimum absolute atomic E-state index is 0.335. The molecule has 0 aliphatic carbocycles. The fraction of sp³-hybridized carbons (Fsp3) is 0. The second-order valence-electron chi connectivity index (χ2n) is 3.75. The topological polar surface area (TPSA) is 208 Å². The summed E-state index contributed by atoms with van der Waals surface area (Å²) in [6.07, 6.45) is 0. The molecule has 0 atom stereocenters. The van der Waals surface area contributed by atoms with Gasteiger partial charge in [0.1, 0.15) is 12.1 Å². The summed E-state index contributed by atoms with van der Waals surface area (Å²) in [7, 11) is 0.538. The van der Waals surface area contributed by atoms with E-state index in [0.29, 0.717) is 28.9 Å². The molecular formula is C6H2BN8O8-. The lowest BCUT2D eigenvalue weighted by molar-refractivity contribution is -0.394. The van der Waals surface area contributed by atoms with E-state index in [9.17, 15) is 40.5 Å². The Morgan fingerprint density at radius 3 is 1.35 bits per heavy atom. The Hall–Kier alpha value is -3.92. The maximum atomic E-state index is 10.8. The quantitative estimate of drug-likeness (QED) is 0.382. The summed E-state index contributed by atoms with van der Waals surface area (Å²) in [5.74, 6) is -3.55. The molecule has 0 saturated heterocycles. The minimum Gasteiger partial charge on any atom is -0.358 e. The van der Waals surface area contributed by atoms with E-state index in [-0.39, 0.29) is 0 Å². The molecule has 2 radical (unpaired) electrons. The summed E-state index contributed by atoms with van der Waals surface area (Å²) >= 11 is 0. The van der Waals surface area contributed by atoms with E-state index in [1.807, 2.05) is 0 Å². The molecule has 0 spiro atoms. The zero-order valence-corrected chi connectivity index (χ0v) is 10.6. The fourth-order valence-electron chi connectivity index (χ4n) is 1.47. The lowest BCUT2D eigenvalue weighted by atomic mass is 10.2.